The van der Waals surface area contributed by atoms with Gasteiger partial charge in [-0.1, -0.05) is 72.3 Å². The Morgan fingerprint density at radius 2 is 1.93 bits per heavy atom. The Bertz CT molecular complexity index is 1410. The van der Waals surface area contributed by atoms with Gasteiger partial charge < -0.3 is 9.13 Å². The Morgan fingerprint density at radius 3 is 2.77 bits per heavy atom. The van der Waals surface area contributed by atoms with Crippen LogP contribution in [0.5, 0.6) is 0 Å². The maximum atomic E-state index is 7.17. The number of hydrogen-bond acceptors (Lipinski definition) is 0. The third kappa shape index (κ3) is 2.71. The smallest absolute Gasteiger partial charge is 0.0749 e. The van der Waals surface area contributed by atoms with Gasteiger partial charge in [-0.3, -0.25) is 0 Å². The molecule has 0 fully saturated rings. The number of nitrogens with zero attached hydrogens (tertiary/aromatic N) is 2. The molecule has 0 saturated heterocycles. The molecule has 2 aliphatic rings. The van der Waals surface area contributed by atoms with Crippen molar-refractivity contribution in [2.24, 2.45) is 0 Å². The van der Waals surface area contributed by atoms with Gasteiger partial charge in [0, 0.05) is 34.4 Å². The van der Waals surface area contributed by atoms with Gasteiger partial charge in [0.05, 0.1) is 22.1 Å². The average Bonchev–Trinajstić information content (AvgIpc) is 3.34. The zero-order valence-electron chi connectivity index (χ0n) is 16.8. The molecule has 4 aromatic rings. The first-order valence-corrected chi connectivity index (χ1v) is 11.1. The molecule has 2 nitrogen and oxygen atoms in total. The number of fused-ring (bicyclic) bond motifs is 4. The normalized spacial score (nSPS) is 18.7. The second-order valence-corrected chi connectivity index (χ2v) is 8.61. The Kier molecular flexibility index (Phi) is 4.21. The molecule has 0 radical (unpaired) electrons. The number of aromatic nitrogens is 2. The molecule has 2 aromatic carbocycles. The van der Waals surface area contributed by atoms with Crippen LogP contribution in [0.25, 0.3) is 32.7 Å². The Hall–Kier alpha value is -2.97. The predicted molar refractivity (Wildman–Crippen MR) is 128 cm³/mol. The molecule has 0 amide bonds. The van der Waals surface area contributed by atoms with E-state index in [4.69, 9.17) is 11.6 Å². The molecule has 0 aliphatic heterocycles. The van der Waals surface area contributed by atoms with E-state index in [1.165, 1.54) is 27.4 Å². The lowest BCUT2D eigenvalue weighted by molar-refractivity contribution is 0.648. The van der Waals surface area contributed by atoms with Crippen molar-refractivity contribution in [3.8, 4) is 0 Å². The van der Waals surface area contributed by atoms with Crippen LogP contribution >= 0.6 is 11.6 Å². The van der Waals surface area contributed by atoms with Gasteiger partial charge in [0.25, 0.3) is 0 Å². The zero-order valence-corrected chi connectivity index (χ0v) is 17.5. The molecule has 2 heterocycles. The number of para-hydroxylation sites is 1. The van der Waals surface area contributed by atoms with E-state index >= 15 is 0 Å². The summed E-state index contributed by atoms with van der Waals surface area (Å²) < 4.78 is 4.76. The van der Waals surface area contributed by atoms with Crippen molar-refractivity contribution in [2.75, 3.05) is 0 Å². The largest absolute Gasteiger partial charge is 0.342 e. The fraction of sp³-hybridized carbons (Fsp3) is 0.185. The molecular formula is C27H23ClN2. The molecule has 0 bridgehead atoms. The van der Waals surface area contributed by atoms with E-state index in [1.807, 2.05) is 0 Å². The molecule has 148 valence electrons. The molecule has 0 spiro atoms. The Morgan fingerprint density at radius 1 is 1.00 bits per heavy atom. The number of rotatable bonds is 3. The molecule has 1 unspecified atom stereocenters. The van der Waals surface area contributed by atoms with Crippen molar-refractivity contribution >= 4 is 44.3 Å². The molecule has 1 atom stereocenters. The van der Waals surface area contributed by atoms with Crippen molar-refractivity contribution in [1.82, 2.24) is 9.13 Å². The standard InChI is InChI=1S/C27H23ClN2/c28-26-25-22-13-7-8-14-23(22)30(21-11-5-2-6-12-21)24(25)17-20-15-16-29(27(20)26)18-19-9-3-1-4-10-19/h2-3,5-11,13-17,21H,1,4,12,18H2. The van der Waals surface area contributed by atoms with Crippen LogP contribution in [-0.4, -0.2) is 9.13 Å². The van der Waals surface area contributed by atoms with E-state index < -0.39 is 0 Å². The summed E-state index contributed by atoms with van der Waals surface area (Å²) in [5.41, 5.74) is 4.95. The van der Waals surface area contributed by atoms with E-state index in [9.17, 15) is 0 Å². The minimum Gasteiger partial charge on any atom is -0.342 e. The van der Waals surface area contributed by atoms with Crippen LogP contribution in [0.3, 0.4) is 0 Å². The van der Waals surface area contributed by atoms with Gasteiger partial charge in [-0.15, -0.1) is 0 Å². The highest BCUT2D eigenvalue weighted by atomic mass is 35.5. The van der Waals surface area contributed by atoms with Crippen LogP contribution in [0.1, 0.15) is 25.3 Å². The fourth-order valence-corrected chi connectivity index (χ4v) is 5.43. The lowest BCUT2D eigenvalue weighted by Gasteiger charge is -2.18. The maximum Gasteiger partial charge on any atom is 0.0749 e. The SMILES string of the molecule is Clc1c2c3ccccc3n(C3C=CC=CC3)c2cc2ccn(CC3=CCCC=C3)c12. The van der Waals surface area contributed by atoms with Crippen LogP contribution in [-0.2, 0) is 6.54 Å². The molecule has 2 aliphatic carbocycles. The summed E-state index contributed by atoms with van der Waals surface area (Å²) in [4.78, 5) is 0. The highest BCUT2D eigenvalue weighted by molar-refractivity contribution is 6.42. The molecular weight excluding hydrogens is 388 g/mol. The van der Waals surface area contributed by atoms with Crippen LogP contribution in [0.2, 0.25) is 5.02 Å². The monoisotopic (exact) mass is 410 g/mol. The quantitative estimate of drug-likeness (QED) is 0.327. The number of allylic oxidation sites excluding steroid dienone is 8. The number of hydrogen-bond donors (Lipinski definition) is 0. The first-order valence-electron chi connectivity index (χ1n) is 10.7. The topological polar surface area (TPSA) is 9.86 Å². The Balaban J connectivity index is 1.62. The lowest BCUT2D eigenvalue weighted by atomic mass is 10.1. The van der Waals surface area contributed by atoms with Crippen molar-refractivity contribution in [2.45, 2.75) is 31.8 Å². The lowest BCUT2D eigenvalue weighted by Crippen LogP contribution is -2.06. The summed E-state index contributed by atoms with van der Waals surface area (Å²) in [5.74, 6) is 0. The van der Waals surface area contributed by atoms with Crippen molar-refractivity contribution < 1.29 is 0 Å². The number of halogens is 1. The van der Waals surface area contributed by atoms with Crippen molar-refractivity contribution in [1.29, 1.82) is 0 Å². The van der Waals surface area contributed by atoms with Gasteiger partial charge >= 0.3 is 0 Å². The first kappa shape index (κ1) is 17.9. The van der Waals surface area contributed by atoms with Gasteiger partial charge in [-0.25, -0.2) is 0 Å². The second kappa shape index (κ2) is 7.07. The minimum atomic E-state index is 0.311. The summed E-state index contributed by atoms with van der Waals surface area (Å²) >= 11 is 7.17. The van der Waals surface area contributed by atoms with E-state index in [1.54, 1.807) is 0 Å². The van der Waals surface area contributed by atoms with E-state index in [0.717, 1.165) is 41.7 Å². The van der Waals surface area contributed by atoms with E-state index in [-0.39, 0.29) is 0 Å². The summed E-state index contributed by atoms with van der Waals surface area (Å²) in [5, 5.41) is 4.45. The third-order valence-electron chi connectivity index (χ3n) is 6.38. The van der Waals surface area contributed by atoms with E-state index in [2.05, 4.69) is 94.3 Å². The summed E-state index contributed by atoms with van der Waals surface area (Å²) in [6, 6.07) is 13.5. The third-order valence-corrected chi connectivity index (χ3v) is 6.75. The molecule has 6 rings (SSSR count). The highest BCUT2D eigenvalue weighted by Gasteiger charge is 2.21. The zero-order chi connectivity index (χ0) is 20.1. The molecule has 30 heavy (non-hydrogen) atoms. The molecule has 0 saturated carbocycles. The maximum absolute atomic E-state index is 7.17. The van der Waals surface area contributed by atoms with Crippen LogP contribution in [0, 0.1) is 0 Å². The van der Waals surface area contributed by atoms with Crippen LogP contribution in [0.4, 0.5) is 0 Å². The molecule has 2 aromatic heterocycles. The summed E-state index contributed by atoms with van der Waals surface area (Å²) in [6.45, 7) is 0.861. The van der Waals surface area contributed by atoms with Gasteiger partial charge in [0.15, 0.2) is 0 Å². The molecule has 3 heteroatoms. The minimum absolute atomic E-state index is 0.311. The second-order valence-electron chi connectivity index (χ2n) is 8.23. The highest BCUT2D eigenvalue weighted by Crippen LogP contribution is 2.42. The average molecular weight is 411 g/mol. The summed E-state index contributed by atoms with van der Waals surface area (Å²) in [6.07, 6.45) is 21.1. The first-order chi connectivity index (χ1) is 14.8. The van der Waals surface area contributed by atoms with Crippen LogP contribution < -0.4 is 0 Å². The van der Waals surface area contributed by atoms with Gasteiger partial charge in [0.2, 0.25) is 0 Å². The van der Waals surface area contributed by atoms with Crippen LogP contribution in [0.15, 0.2) is 90.7 Å². The van der Waals surface area contributed by atoms with Gasteiger partial charge in [-0.2, -0.15) is 0 Å². The predicted octanol–water partition coefficient (Wildman–Crippen LogP) is 7.74. The van der Waals surface area contributed by atoms with Crippen molar-refractivity contribution in [3.05, 3.63) is 95.7 Å². The van der Waals surface area contributed by atoms with Gasteiger partial charge in [0.1, 0.15) is 0 Å². The number of benzene rings is 2. The fourth-order valence-electron chi connectivity index (χ4n) is 5.01. The van der Waals surface area contributed by atoms with E-state index in [0.29, 0.717) is 6.04 Å². The summed E-state index contributed by atoms with van der Waals surface area (Å²) in [7, 11) is 0. The van der Waals surface area contributed by atoms with Crippen molar-refractivity contribution in [3.63, 3.8) is 0 Å². The Labute approximate surface area is 181 Å². The van der Waals surface area contributed by atoms with Gasteiger partial charge in [-0.05, 0) is 43.0 Å². The molecule has 0 N–H and O–H groups in total.